The molecule has 0 saturated carbocycles. The Hall–Kier alpha value is -3.32. The quantitative estimate of drug-likeness (QED) is 0.248. The second-order valence-corrected chi connectivity index (χ2v) is 13.7. The van der Waals surface area contributed by atoms with E-state index in [0.717, 1.165) is 86.4 Å². The van der Waals surface area contributed by atoms with Gasteiger partial charge in [0.05, 0.1) is 11.0 Å². The van der Waals surface area contributed by atoms with Crippen LogP contribution in [0.25, 0.3) is 11.1 Å². The first-order chi connectivity index (χ1) is 19.8. The topological polar surface area (TPSA) is 83.9 Å². The van der Waals surface area contributed by atoms with E-state index in [2.05, 4.69) is 45.9 Å². The van der Waals surface area contributed by atoms with Gasteiger partial charge < -0.3 is 9.84 Å². The van der Waals surface area contributed by atoms with Gasteiger partial charge in [0, 0.05) is 12.6 Å². The molecule has 1 aliphatic heterocycles. The van der Waals surface area contributed by atoms with Crippen LogP contribution in [-0.2, 0) is 16.4 Å². The highest BCUT2D eigenvalue weighted by Gasteiger charge is 2.30. The van der Waals surface area contributed by atoms with E-state index in [4.69, 9.17) is 4.74 Å². The van der Waals surface area contributed by atoms with E-state index in [-0.39, 0.29) is 11.0 Å². The lowest BCUT2D eigenvalue weighted by atomic mass is 9.89. The van der Waals surface area contributed by atoms with Crippen LogP contribution < -0.4 is 4.74 Å². The molecular weight excluding hydrogens is 546 g/mol. The summed E-state index contributed by atoms with van der Waals surface area (Å²) in [6, 6.07) is 8.60. The van der Waals surface area contributed by atoms with E-state index in [1.54, 1.807) is 18.2 Å². The van der Waals surface area contributed by atoms with Crippen molar-refractivity contribution in [1.82, 2.24) is 4.31 Å². The van der Waals surface area contributed by atoms with Crippen molar-refractivity contribution in [2.75, 3.05) is 7.05 Å². The molecule has 0 spiro atoms. The normalized spacial score (nSPS) is 15.5. The Bertz CT molecular complexity index is 1480. The lowest BCUT2D eigenvalue weighted by molar-refractivity contribution is 0.163. The molecule has 1 amide bonds. The van der Waals surface area contributed by atoms with Gasteiger partial charge in [-0.15, -0.1) is 0 Å². The third-order valence-electron chi connectivity index (χ3n) is 8.13. The largest absolute Gasteiger partial charge is 0.490 e. The number of rotatable bonds is 12. The molecule has 0 saturated heterocycles. The number of ether oxygens (including phenoxy) is 1. The number of carbonyl (C=O) groups is 1. The zero-order valence-electron chi connectivity index (χ0n) is 26.3. The summed E-state index contributed by atoms with van der Waals surface area (Å²) in [4.78, 5) is 11.4. The van der Waals surface area contributed by atoms with Crippen LogP contribution in [0.4, 0.5) is 4.79 Å². The van der Waals surface area contributed by atoms with Crippen molar-refractivity contribution in [2.45, 2.75) is 104 Å². The Morgan fingerprint density at radius 2 is 1.57 bits per heavy atom. The predicted molar refractivity (Wildman–Crippen MR) is 172 cm³/mol. The van der Waals surface area contributed by atoms with E-state index < -0.39 is 16.1 Å². The zero-order chi connectivity index (χ0) is 31.0. The molecule has 1 atom stereocenters. The minimum atomic E-state index is -4.22. The number of carboxylic acid groups (broad SMARTS) is 1. The molecule has 2 aromatic carbocycles. The first-order valence-electron chi connectivity index (χ1n) is 14.9. The molecule has 2 aromatic rings. The van der Waals surface area contributed by atoms with Crippen molar-refractivity contribution in [1.29, 1.82) is 0 Å². The van der Waals surface area contributed by atoms with Crippen LogP contribution in [0.15, 0.2) is 70.2 Å². The summed E-state index contributed by atoms with van der Waals surface area (Å²) < 4.78 is 33.1. The molecule has 1 aliphatic rings. The maximum absolute atomic E-state index is 13.1. The molecule has 1 heterocycles. The smallest absolute Gasteiger partial charge is 0.421 e. The number of fused-ring (bicyclic) bond motifs is 1. The van der Waals surface area contributed by atoms with Crippen molar-refractivity contribution in [2.24, 2.45) is 0 Å². The van der Waals surface area contributed by atoms with Crippen molar-refractivity contribution >= 4 is 16.1 Å². The minimum absolute atomic E-state index is 0.0245. The van der Waals surface area contributed by atoms with E-state index in [0.29, 0.717) is 9.87 Å². The van der Waals surface area contributed by atoms with E-state index in [1.165, 1.54) is 22.8 Å². The lowest BCUT2D eigenvalue weighted by Crippen LogP contribution is -2.32. The Balaban J connectivity index is 1.68. The van der Waals surface area contributed by atoms with Crippen LogP contribution in [0.3, 0.4) is 0 Å². The second-order valence-electron chi connectivity index (χ2n) is 11.7. The fourth-order valence-electron chi connectivity index (χ4n) is 5.35. The van der Waals surface area contributed by atoms with E-state index >= 15 is 0 Å². The SMILES string of the molecule is CC(C)=CCCC(C)=CCCC(C)=CCCC1CCc2cc(-c3ccccc3S(=O)(=O)N(C)C(=O)O)c(C)c(C)c2O1. The molecule has 0 aromatic heterocycles. The maximum atomic E-state index is 13.1. The highest BCUT2D eigenvalue weighted by molar-refractivity contribution is 7.89. The summed E-state index contributed by atoms with van der Waals surface area (Å²) >= 11 is 0. The maximum Gasteiger partial charge on any atom is 0.421 e. The standard InChI is InChI=1S/C35H47NO5S/c1-24(2)13-10-14-25(3)15-11-16-26(4)17-12-18-30-22-21-29-23-32(27(5)28(6)34(29)41-30)31-19-8-9-20-33(31)42(39,40)36(7)35(37)38/h8-9,13,15,17,19-20,23,30H,10-12,14,16,18,21-22H2,1-7H3,(H,37,38). The summed E-state index contributed by atoms with van der Waals surface area (Å²) in [5, 5.41) is 9.33. The van der Waals surface area contributed by atoms with Crippen LogP contribution in [-0.4, -0.2) is 37.1 Å². The Kier molecular flexibility index (Phi) is 11.6. The Morgan fingerprint density at radius 1 is 0.952 bits per heavy atom. The molecular formula is C35H47NO5S. The number of hydrogen-bond donors (Lipinski definition) is 1. The number of nitrogens with zero attached hydrogens (tertiary/aromatic N) is 1. The Morgan fingerprint density at radius 3 is 2.21 bits per heavy atom. The molecule has 1 unspecified atom stereocenters. The number of benzene rings is 2. The number of allylic oxidation sites excluding steroid dienone is 6. The van der Waals surface area contributed by atoms with Gasteiger partial charge in [0.15, 0.2) is 0 Å². The summed E-state index contributed by atoms with van der Waals surface area (Å²) in [6.45, 7) is 12.7. The number of hydrogen-bond acceptors (Lipinski definition) is 4. The van der Waals surface area contributed by atoms with Crippen molar-refractivity contribution in [3.8, 4) is 16.9 Å². The molecule has 0 radical (unpaired) electrons. The fourth-order valence-corrected chi connectivity index (χ4v) is 6.56. The van der Waals surface area contributed by atoms with Crippen LogP contribution in [0.1, 0.15) is 89.3 Å². The van der Waals surface area contributed by atoms with Crippen molar-refractivity contribution < 1.29 is 23.1 Å². The summed E-state index contributed by atoms with van der Waals surface area (Å²) in [5.41, 5.74) is 8.50. The van der Waals surface area contributed by atoms with Crippen LogP contribution in [0.5, 0.6) is 5.75 Å². The van der Waals surface area contributed by atoms with Gasteiger partial charge in [-0.05, 0) is 127 Å². The summed E-state index contributed by atoms with van der Waals surface area (Å²) in [7, 11) is -3.17. The van der Waals surface area contributed by atoms with Gasteiger partial charge in [0.1, 0.15) is 5.75 Å². The van der Waals surface area contributed by atoms with Gasteiger partial charge in [-0.3, -0.25) is 0 Å². The highest BCUT2D eigenvalue weighted by atomic mass is 32.2. The minimum Gasteiger partial charge on any atom is -0.490 e. The second kappa shape index (κ2) is 14.7. The third kappa shape index (κ3) is 8.37. The molecule has 6 nitrogen and oxygen atoms in total. The summed E-state index contributed by atoms with van der Waals surface area (Å²) in [5.74, 6) is 0.893. The predicted octanol–water partition coefficient (Wildman–Crippen LogP) is 9.16. The van der Waals surface area contributed by atoms with Gasteiger partial charge >= 0.3 is 6.09 Å². The van der Waals surface area contributed by atoms with Crippen molar-refractivity contribution in [3.05, 3.63) is 82.0 Å². The molecule has 7 heteroatoms. The first-order valence-corrected chi connectivity index (χ1v) is 16.3. The van der Waals surface area contributed by atoms with Gasteiger partial charge in [0.2, 0.25) is 0 Å². The van der Waals surface area contributed by atoms with Gasteiger partial charge in [-0.1, -0.05) is 53.1 Å². The molecule has 42 heavy (non-hydrogen) atoms. The molecule has 0 aliphatic carbocycles. The van der Waals surface area contributed by atoms with E-state index in [9.17, 15) is 18.3 Å². The number of aryl methyl sites for hydroxylation is 1. The monoisotopic (exact) mass is 593 g/mol. The third-order valence-corrected chi connectivity index (χ3v) is 9.92. The van der Waals surface area contributed by atoms with Crippen LogP contribution >= 0.6 is 0 Å². The molecule has 0 fully saturated rings. The van der Waals surface area contributed by atoms with E-state index in [1.807, 2.05) is 19.9 Å². The number of amides is 1. The molecule has 0 bridgehead atoms. The Labute approximate surface area is 252 Å². The van der Waals surface area contributed by atoms with Crippen molar-refractivity contribution in [3.63, 3.8) is 0 Å². The highest BCUT2D eigenvalue weighted by Crippen LogP contribution is 2.41. The van der Waals surface area contributed by atoms with Crippen LogP contribution in [0.2, 0.25) is 0 Å². The molecule has 1 N–H and O–H groups in total. The summed E-state index contributed by atoms with van der Waals surface area (Å²) in [6.07, 6.45) is 13.7. The molecule has 3 rings (SSSR count). The fraction of sp³-hybridized carbons (Fsp3) is 0.457. The average molecular weight is 594 g/mol. The van der Waals surface area contributed by atoms with Gasteiger partial charge in [-0.2, -0.15) is 0 Å². The number of sulfonamides is 1. The van der Waals surface area contributed by atoms with Gasteiger partial charge in [0.25, 0.3) is 10.0 Å². The zero-order valence-corrected chi connectivity index (χ0v) is 27.1. The lowest BCUT2D eigenvalue weighted by Gasteiger charge is -2.29. The van der Waals surface area contributed by atoms with Crippen LogP contribution in [0, 0.1) is 13.8 Å². The first kappa shape index (κ1) is 33.2. The molecule has 228 valence electrons. The van der Waals surface area contributed by atoms with Gasteiger partial charge in [-0.25, -0.2) is 17.5 Å². The average Bonchev–Trinajstić information content (AvgIpc) is 2.94.